The summed E-state index contributed by atoms with van der Waals surface area (Å²) in [4.78, 5) is 0. The summed E-state index contributed by atoms with van der Waals surface area (Å²) in [5, 5.41) is 0.537. The van der Waals surface area contributed by atoms with E-state index in [1.165, 1.54) is 16.7 Å². The van der Waals surface area contributed by atoms with Crippen LogP contribution in [0.25, 0.3) is 0 Å². The number of methoxy groups -OCH3 is 1. The molecule has 0 amide bonds. The van der Waals surface area contributed by atoms with Gasteiger partial charge >= 0.3 is 0 Å². The monoisotopic (exact) mass is 474 g/mol. The molecule has 0 aliphatic carbocycles. The van der Waals surface area contributed by atoms with Crippen molar-refractivity contribution in [1.29, 1.82) is 0 Å². The number of rotatable bonds is 10. The highest BCUT2D eigenvalue weighted by Crippen LogP contribution is 2.52. The van der Waals surface area contributed by atoms with Crippen LogP contribution in [-0.4, -0.2) is 13.9 Å². The molecule has 0 radical (unpaired) electrons. The Labute approximate surface area is 203 Å². The van der Waals surface area contributed by atoms with Gasteiger partial charge in [-0.05, 0) is 28.9 Å². The van der Waals surface area contributed by atoms with Gasteiger partial charge in [-0.2, -0.15) is 0 Å². The molecule has 184 valence electrons. The molecule has 0 spiro atoms. The van der Waals surface area contributed by atoms with Crippen LogP contribution in [0.2, 0.25) is 0 Å². The summed E-state index contributed by atoms with van der Waals surface area (Å²) >= 11 is 0. The summed E-state index contributed by atoms with van der Waals surface area (Å²) in [5.74, 6) is 0.778. The van der Waals surface area contributed by atoms with Crippen LogP contribution < -0.4 is 10.0 Å². The van der Waals surface area contributed by atoms with Gasteiger partial charge in [-0.1, -0.05) is 114 Å². The fourth-order valence-electron chi connectivity index (χ4n) is 4.16. The van der Waals surface area contributed by atoms with Crippen molar-refractivity contribution >= 4 is 13.9 Å². The molecule has 0 N–H and O–H groups in total. The Bertz CT molecular complexity index is 911. The Kier molecular flexibility index (Phi) is 9.54. The summed E-state index contributed by atoms with van der Waals surface area (Å²) in [6, 6.07) is 11.8. The lowest BCUT2D eigenvalue weighted by Gasteiger charge is -2.37. The van der Waals surface area contributed by atoms with Gasteiger partial charge in [-0.3, -0.25) is 0 Å². The van der Waals surface area contributed by atoms with E-state index in [1.54, 1.807) is 19.2 Å². The number of hydrogen-bond donors (Lipinski definition) is 0. The van der Waals surface area contributed by atoms with Crippen molar-refractivity contribution in [2.45, 2.75) is 97.1 Å². The average molecular weight is 475 g/mol. The zero-order valence-electron chi connectivity index (χ0n) is 22.2. The van der Waals surface area contributed by atoms with Crippen LogP contribution in [0.15, 0.2) is 36.4 Å². The maximum atomic E-state index is 14.8. The molecule has 2 nitrogen and oxygen atoms in total. The van der Waals surface area contributed by atoms with E-state index in [2.05, 4.69) is 67.5 Å². The van der Waals surface area contributed by atoms with Crippen molar-refractivity contribution in [1.82, 2.24) is 0 Å². The Morgan fingerprint density at radius 1 is 0.879 bits per heavy atom. The van der Waals surface area contributed by atoms with Gasteiger partial charge in [0.05, 0.1) is 0 Å². The van der Waals surface area contributed by atoms with E-state index in [-0.39, 0.29) is 28.6 Å². The van der Waals surface area contributed by atoms with Gasteiger partial charge in [-0.15, -0.1) is 0 Å². The van der Waals surface area contributed by atoms with E-state index in [0.717, 1.165) is 36.7 Å². The zero-order chi connectivity index (χ0) is 24.9. The SMILES string of the molecule is CCCCCC(C)(Pc1ccccc1F)c1cc(C(C)(C)C)cc(C(C)(C)C)c1OCOC. The summed E-state index contributed by atoms with van der Waals surface area (Å²) in [7, 11) is 1.96. The molecule has 33 heavy (non-hydrogen) atoms. The lowest BCUT2D eigenvalue weighted by atomic mass is 9.76. The molecule has 0 heterocycles. The van der Waals surface area contributed by atoms with E-state index in [4.69, 9.17) is 9.47 Å². The van der Waals surface area contributed by atoms with Crippen molar-refractivity contribution in [3.8, 4) is 5.75 Å². The Morgan fingerprint density at radius 2 is 1.52 bits per heavy atom. The molecule has 2 rings (SSSR count). The highest BCUT2D eigenvalue weighted by Gasteiger charge is 2.35. The number of hydrogen-bond acceptors (Lipinski definition) is 2. The standard InChI is InChI=1S/C29H44FO2P/c1-10-11-14-17-29(8,33-25-16-13-12-15-24(25)30)23-19-21(27(2,3)4)18-22(28(5,6)7)26(23)32-20-31-9/h12-13,15-16,18-19,33H,10-11,14,17,20H2,1-9H3. The predicted molar refractivity (Wildman–Crippen MR) is 142 cm³/mol. The fourth-order valence-corrected chi connectivity index (χ4v) is 5.75. The molecule has 0 aromatic heterocycles. The third-order valence-corrected chi connectivity index (χ3v) is 7.99. The number of ether oxygens (including phenoxy) is 2. The smallest absolute Gasteiger partial charge is 0.188 e. The van der Waals surface area contributed by atoms with Crippen LogP contribution in [0, 0.1) is 5.82 Å². The Hall–Kier alpha value is -1.44. The summed E-state index contributed by atoms with van der Waals surface area (Å²) in [6.07, 6.45) is 4.40. The van der Waals surface area contributed by atoms with Gasteiger partial charge in [0.1, 0.15) is 11.6 Å². The highest BCUT2D eigenvalue weighted by atomic mass is 31.1. The molecule has 0 bridgehead atoms. The van der Waals surface area contributed by atoms with E-state index >= 15 is 0 Å². The molecule has 0 saturated heterocycles. The minimum absolute atomic E-state index is 0.0139. The topological polar surface area (TPSA) is 18.5 Å². The van der Waals surface area contributed by atoms with E-state index in [0.29, 0.717) is 8.58 Å². The molecular formula is C29H44FO2P. The normalized spacial score (nSPS) is 14.6. The first-order chi connectivity index (χ1) is 15.3. The molecule has 2 atom stereocenters. The van der Waals surface area contributed by atoms with Gasteiger partial charge in [0.25, 0.3) is 0 Å². The largest absolute Gasteiger partial charge is 0.467 e. The predicted octanol–water partition coefficient (Wildman–Crippen LogP) is 8.20. The van der Waals surface area contributed by atoms with Gasteiger partial charge in [0.2, 0.25) is 0 Å². The van der Waals surface area contributed by atoms with Crippen molar-refractivity contribution in [3.63, 3.8) is 0 Å². The first-order valence-corrected chi connectivity index (χ1v) is 13.2. The quantitative estimate of drug-likeness (QED) is 0.196. The second-order valence-corrected chi connectivity index (χ2v) is 13.2. The molecular weight excluding hydrogens is 430 g/mol. The number of benzene rings is 2. The average Bonchev–Trinajstić information content (AvgIpc) is 2.72. The van der Waals surface area contributed by atoms with Gasteiger partial charge < -0.3 is 9.47 Å². The van der Waals surface area contributed by atoms with Crippen LogP contribution in [0.3, 0.4) is 0 Å². The second-order valence-electron chi connectivity index (χ2n) is 11.3. The van der Waals surface area contributed by atoms with Crippen LogP contribution >= 0.6 is 8.58 Å². The second kappa shape index (κ2) is 11.3. The molecule has 0 aliphatic heterocycles. The molecule has 4 heteroatoms. The molecule has 0 fully saturated rings. The minimum Gasteiger partial charge on any atom is -0.467 e. The number of unbranched alkanes of at least 4 members (excludes halogenated alkanes) is 2. The fraction of sp³-hybridized carbons (Fsp3) is 0.586. The first-order valence-electron chi connectivity index (χ1n) is 12.2. The third-order valence-electron chi connectivity index (χ3n) is 6.24. The Balaban J connectivity index is 2.81. The first kappa shape index (κ1) is 27.8. The van der Waals surface area contributed by atoms with Crippen LogP contribution in [0.5, 0.6) is 5.75 Å². The van der Waals surface area contributed by atoms with Crippen LogP contribution in [0.4, 0.5) is 4.39 Å². The maximum Gasteiger partial charge on any atom is 0.188 e. The zero-order valence-corrected chi connectivity index (χ0v) is 23.2. The van der Waals surface area contributed by atoms with Crippen molar-refractivity contribution in [2.75, 3.05) is 13.9 Å². The van der Waals surface area contributed by atoms with Gasteiger partial charge in [-0.25, -0.2) is 4.39 Å². The van der Waals surface area contributed by atoms with Crippen LogP contribution in [0.1, 0.15) is 97.8 Å². The maximum absolute atomic E-state index is 14.8. The Morgan fingerprint density at radius 3 is 2.06 bits per heavy atom. The molecule has 0 saturated carbocycles. The van der Waals surface area contributed by atoms with Crippen molar-refractivity contribution in [3.05, 3.63) is 58.9 Å². The van der Waals surface area contributed by atoms with E-state index in [1.807, 2.05) is 12.1 Å². The third kappa shape index (κ3) is 7.27. The number of halogens is 1. The highest BCUT2D eigenvalue weighted by molar-refractivity contribution is 7.48. The summed E-state index contributed by atoms with van der Waals surface area (Å²) < 4.78 is 26.5. The molecule has 0 aliphatic rings. The summed E-state index contributed by atoms with van der Waals surface area (Å²) in [6.45, 7) is 18.1. The molecule has 2 unspecified atom stereocenters. The van der Waals surface area contributed by atoms with E-state index in [9.17, 15) is 4.39 Å². The minimum atomic E-state index is -0.248. The lowest BCUT2D eigenvalue weighted by molar-refractivity contribution is 0.0486. The van der Waals surface area contributed by atoms with E-state index < -0.39 is 0 Å². The molecule has 2 aromatic rings. The van der Waals surface area contributed by atoms with Gasteiger partial charge in [0, 0.05) is 28.7 Å². The van der Waals surface area contributed by atoms with Crippen molar-refractivity contribution < 1.29 is 13.9 Å². The lowest BCUT2D eigenvalue weighted by Crippen LogP contribution is -2.26. The summed E-state index contributed by atoms with van der Waals surface area (Å²) in [5.41, 5.74) is 3.52. The van der Waals surface area contributed by atoms with Crippen molar-refractivity contribution in [2.24, 2.45) is 0 Å². The van der Waals surface area contributed by atoms with Crippen LogP contribution in [-0.2, 0) is 20.7 Å². The van der Waals surface area contributed by atoms with Gasteiger partial charge in [0.15, 0.2) is 6.79 Å². The molecule has 2 aromatic carbocycles.